The first-order valence-electron chi connectivity index (χ1n) is 3.74. The van der Waals surface area contributed by atoms with E-state index in [1.54, 1.807) is 13.1 Å². The molecule has 1 heterocycles. The SMILES string of the molecule is COC(=O)c1cc(CC=O)nn1C. The van der Waals surface area contributed by atoms with Crippen LogP contribution < -0.4 is 0 Å². The van der Waals surface area contributed by atoms with Crippen molar-refractivity contribution in [2.45, 2.75) is 6.42 Å². The summed E-state index contributed by atoms with van der Waals surface area (Å²) in [5, 5.41) is 3.95. The Morgan fingerprint density at radius 1 is 1.77 bits per heavy atom. The minimum Gasteiger partial charge on any atom is -0.464 e. The lowest BCUT2D eigenvalue weighted by Crippen LogP contribution is -2.07. The lowest BCUT2D eigenvalue weighted by molar-refractivity contribution is -0.107. The standard InChI is InChI=1S/C8H10N2O3/c1-10-7(8(12)13-2)5-6(9-10)3-4-11/h4-5H,3H2,1-2H3. The minimum atomic E-state index is -0.452. The maximum absolute atomic E-state index is 11.1. The van der Waals surface area contributed by atoms with Crippen LogP contribution in [0.1, 0.15) is 16.2 Å². The summed E-state index contributed by atoms with van der Waals surface area (Å²) in [6, 6.07) is 1.54. The average molecular weight is 182 g/mol. The van der Waals surface area contributed by atoms with Crippen molar-refractivity contribution >= 4 is 12.3 Å². The summed E-state index contributed by atoms with van der Waals surface area (Å²) >= 11 is 0. The molecule has 0 saturated heterocycles. The number of aryl methyl sites for hydroxylation is 1. The van der Waals surface area contributed by atoms with Gasteiger partial charge in [-0.05, 0) is 6.07 Å². The van der Waals surface area contributed by atoms with E-state index in [1.807, 2.05) is 0 Å². The first-order valence-corrected chi connectivity index (χ1v) is 3.74. The number of rotatable bonds is 3. The fourth-order valence-corrected chi connectivity index (χ4v) is 1.01. The van der Waals surface area contributed by atoms with Crippen molar-refractivity contribution in [1.29, 1.82) is 0 Å². The van der Waals surface area contributed by atoms with E-state index < -0.39 is 5.97 Å². The Labute approximate surface area is 75.3 Å². The smallest absolute Gasteiger partial charge is 0.356 e. The molecule has 1 rings (SSSR count). The van der Waals surface area contributed by atoms with E-state index in [0.717, 1.165) is 6.29 Å². The van der Waals surface area contributed by atoms with Crippen molar-refractivity contribution < 1.29 is 14.3 Å². The first-order chi connectivity index (χ1) is 6.19. The predicted octanol–water partition coefficient (Wildman–Crippen LogP) is -0.0519. The number of aromatic nitrogens is 2. The second-order valence-electron chi connectivity index (χ2n) is 2.51. The van der Waals surface area contributed by atoms with Crippen molar-refractivity contribution in [3.8, 4) is 0 Å². The van der Waals surface area contributed by atoms with Crippen LogP contribution >= 0.6 is 0 Å². The van der Waals surface area contributed by atoms with Gasteiger partial charge < -0.3 is 9.53 Å². The Morgan fingerprint density at radius 3 is 3.00 bits per heavy atom. The van der Waals surface area contributed by atoms with Gasteiger partial charge >= 0.3 is 5.97 Å². The molecular formula is C8H10N2O3. The first kappa shape index (κ1) is 9.44. The Morgan fingerprint density at radius 2 is 2.46 bits per heavy atom. The van der Waals surface area contributed by atoms with Gasteiger partial charge in [-0.1, -0.05) is 0 Å². The minimum absolute atomic E-state index is 0.213. The number of nitrogens with zero attached hydrogens (tertiary/aromatic N) is 2. The predicted molar refractivity (Wildman–Crippen MR) is 44.3 cm³/mol. The number of hydrogen-bond donors (Lipinski definition) is 0. The summed E-state index contributed by atoms with van der Waals surface area (Å²) in [5.41, 5.74) is 0.914. The van der Waals surface area contributed by atoms with Crippen LogP contribution in [0.3, 0.4) is 0 Å². The van der Waals surface area contributed by atoms with Crippen LogP contribution in [0.25, 0.3) is 0 Å². The van der Waals surface area contributed by atoms with Gasteiger partial charge in [-0.15, -0.1) is 0 Å². The zero-order valence-corrected chi connectivity index (χ0v) is 7.48. The summed E-state index contributed by atoms with van der Waals surface area (Å²) in [4.78, 5) is 21.2. The van der Waals surface area contributed by atoms with Crippen LogP contribution in [0.15, 0.2) is 6.07 Å². The molecule has 0 amide bonds. The van der Waals surface area contributed by atoms with Gasteiger partial charge in [0.1, 0.15) is 12.0 Å². The quantitative estimate of drug-likeness (QED) is 0.485. The van der Waals surface area contributed by atoms with Crippen molar-refractivity contribution in [2.24, 2.45) is 7.05 Å². The van der Waals surface area contributed by atoms with Gasteiger partial charge in [0.05, 0.1) is 12.8 Å². The maximum atomic E-state index is 11.1. The van der Waals surface area contributed by atoms with Crippen LogP contribution in [0, 0.1) is 0 Å². The van der Waals surface area contributed by atoms with E-state index in [2.05, 4.69) is 9.84 Å². The van der Waals surface area contributed by atoms with Gasteiger partial charge in [0, 0.05) is 13.5 Å². The monoisotopic (exact) mass is 182 g/mol. The molecular weight excluding hydrogens is 172 g/mol. The highest BCUT2D eigenvalue weighted by molar-refractivity contribution is 5.87. The third-order valence-corrected chi connectivity index (χ3v) is 1.62. The Bertz CT molecular complexity index is 330. The van der Waals surface area contributed by atoms with E-state index in [0.29, 0.717) is 11.4 Å². The number of carbonyl (C=O) groups is 2. The van der Waals surface area contributed by atoms with Gasteiger partial charge in [0.25, 0.3) is 0 Å². The van der Waals surface area contributed by atoms with E-state index in [-0.39, 0.29) is 6.42 Å². The van der Waals surface area contributed by atoms with Gasteiger partial charge in [0.2, 0.25) is 0 Å². The average Bonchev–Trinajstić information content (AvgIpc) is 2.46. The molecule has 0 bridgehead atoms. The Balaban J connectivity index is 2.95. The summed E-state index contributed by atoms with van der Waals surface area (Å²) in [7, 11) is 2.93. The van der Waals surface area contributed by atoms with Crippen molar-refractivity contribution in [1.82, 2.24) is 9.78 Å². The van der Waals surface area contributed by atoms with Gasteiger partial charge in [0.15, 0.2) is 0 Å². The third-order valence-electron chi connectivity index (χ3n) is 1.62. The van der Waals surface area contributed by atoms with Crippen LogP contribution in [0.4, 0.5) is 0 Å². The summed E-state index contributed by atoms with van der Waals surface area (Å²) in [6.07, 6.45) is 0.953. The molecule has 0 unspecified atom stereocenters. The molecule has 0 saturated carbocycles. The molecule has 0 aromatic carbocycles. The molecule has 0 atom stereocenters. The van der Waals surface area contributed by atoms with E-state index in [9.17, 15) is 9.59 Å². The van der Waals surface area contributed by atoms with Crippen LogP contribution in [0.2, 0.25) is 0 Å². The van der Waals surface area contributed by atoms with E-state index in [1.165, 1.54) is 11.8 Å². The highest BCUT2D eigenvalue weighted by Gasteiger charge is 2.12. The third kappa shape index (κ3) is 1.93. The molecule has 5 nitrogen and oxygen atoms in total. The summed E-state index contributed by atoms with van der Waals surface area (Å²) < 4.78 is 5.91. The molecule has 0 N–H and O–H groups in total. The zero-order valence-electron chi connectivity index (χ0n) is 7.48. The van der Waals surface area contributed by atoms with Crippen LogP contribution in [0.5, 0.6) is 0 Å². The lowest BCUT2D eigenvalue weighted by Gasteiger charge is -1.96. The van der Waals surface area contributed by atoms with Gasteiger partial charge in [-0.3, -0.25) is 4.68 Å². The summed E-state index contributed by atoms with van der Waals surface area (Å²) in [6.45, 7) is 0. The summed E-state index contributed by atoms with van der Waals surface area (Å²) in [5.74, 6) is -0.452. The Kier molecular flexibility index (Phi) is 2.79. The largest absolute Gasteiger partial charge is 0.464 e. The number of methoxy groups -OCH3 is 1. The molecule has 70 valence electrons. The number of ether oxygens (including phenoxy) is 1. The van der Waals surface area contributed by atoms with Crippen LogP contribution in [-0.2, 0) is 23.0 Å². The van der Waals surface area contributed by atoms with E-state index in [4.69, 9.17) is 0 Å². The second-order valence-corrected chi connectivity index (χ2v) is 2.51. The number of carbonyl (C=O) groups excluding carboxylic acids is 2. The van der Waals surface area contributed by atoms with Crippen molar-refractivity contribution in [3.05, 3.63) is 17.5 Å². The van der Waals surface area contributed by atoms with Crippen molar-refractivity contribution in [2.75, 3.05) is 7.11 Å². The normalized spacial score (nSPS) is 9.69. The number of aldehydes is 1. The second kappa shape index (κ2) is 3.84. The molecule has 0 radical (unpaired) electrons. The fourth-order valence-electron chi connectivity index (χ4n) is 1.01. The van der Waals surface area contributed by atoms with Crippen LogP contribution in [-0.4, -0.2) is 29.1 Å². The highest BCUT2D eigenvalue weighted by atomic mass is 16.5. The van der Waals surface area contributed by atoms with Gasteiger partial charge in [-0.25, -0.2) is 4.79 Å². The van der Waals surface area contributed by atoms with E-state index >= 15 is 0 Å². The Hall–Kier alpha value is -1.65. The fraction of sp³-hybridized carbons (Fsp3) is 0.375. The molecule has 13 heavy (non-hydrogen) atoms. The topological polar surface area (TPSA) is 61.2 Å². The molecule has 5 heteroatoms. The highest BCUT2D eigenvalue weighted by Crippen LogP contribution is 2.04. The molecule has 0 aliphatic heterocycles. The molecule has 0 aliphatic carbocycles. The molecule has 0 spiro atoms. The van der Waals surface area contributed by atoms with Crippen molar-refractivity contribution in [3.63, 3.8) is 0 Å². The number of hydrogen-bond acceptors (Lipinski definition) is 4. The van der Waals surface area contributed by atoms with Gasteiger partial charge in [-0.2, -0.15) is 5.10 Å². The molecule has 0 fully saturated rings. The number of esters is 1. The molecule has 1 aromatic heterocycles. The molecule has 1 aromatic rings. The maximum Gasteiger partial charge on any atom is 0.356 e. The lowest BCUT2D eigenvalue weighted by atomic mass is 10.3. The molecule has 0 aliphatic rings. The zero-order chi connectivity index (χ0) is 9.84.